The average molecular weight is 174 g/mol. The molecule has 0 saturated heterocycles. The molecule has 2 heteroatoms. The predicted octanol–water partition coefficient (Wildman–Crippen LogP) is 3.05. The minimum atomic E-state index is 0.0219. The predicted molar refractivity (Wildman–Crippen MR) is 51.9 cm³/mol. The van der Waals surface area contributed by atoms with E-state index in [1.165, 1.54) is 19.3 Å². The molecule has 0 aromatic carbocycles. The van der Waals surface area contributed by atoms with Crippen LogP contribution in [0.5, 0.6) is 0 Å². The van der Waals surface area contributed by atoms with Gasteiger partial charge < -0.3 is 0 Å². The summed E-state index contributed by atoms with van der Waals surface area (Å²) in [4.78, 5) is 10.4. The maximum atomic E-state index is 10.4. The van der Waals surface area contributed by atoms with E-state index in [0.717, 1.165) is 12.3 Å². The van der Waals surface area contributed by atoms with Gasteiger partial charge in [0.2, 0.25) is 0 Å². The van der Waals surface area contributed by atoms with Gasteiger partial charge in [-0.1, -0.05) is 33.1 Å². The van der Waals surface area contributed by atoms with Gasteiger partial charge in [0, 0.05) is 6.42 Å². The van der Waals surface area contributed by atoms with E-state index >= 15 is 0 Å². The lowest BCUT2D eigenvalue weighted by Crippen LogP contribution is -1.95. The molecule has 1 unspecified atom stereocenters. The van der Waals surface area contributed by atoms with Crippen molar-refractivity contribution in [3.8, 4) is 0 Å². The van der Waals surface area contributed by atoms with Gasteiger partial charge in [-0.3, -0.25) is 4.79 Å². The Balaban J connectivity index is 3.16. The van der Waals surface area contributed by atoms with Crippen LogP contribution in [0.3, 0.4) is 0 Å². The summed E-state index contributed by atoms with van der Waals surface area (Å²) in [6.07, 6.45) is 5.33. The van der Waals surface area contributed by atoms with Gasteiger partial charge >= 0.3 is 0 Å². The van der Waals surface area contributed by atoms with Crippen LogP contribution in [0.25, 0.3) is 0 Å². The van der Waals surface area contributed by atoms with Gasteiger partial charge in [0.05, 0.1) is 0 Å². The van der Waals surface area contributed by atoms with E-state index in [-0.39, 0.29) is 5.12 Å². The van der Waals surface area contributed by atoms with Crippen molar-refractivity contribution in [2.75, 3.05) is 0 Å². The molecule has 0 saturated carbocycles. The maximum absolute atomic E-state index is 10.4. The van der Waals surface area contributed by atoms with Crippen LogP contribution in [0.15, 0.2) is 0 Å². The quantitative estimate of drug-likeness (QED) is 0.612. The van der Waals surface area contributed by atoms with Gasteiger partial charge in [-0.05, 0) is 12.3 Å². The van der Waals surface area contributed by atoms with Crippen LogP contribution in [-0.2, 0) is 4.79 Å². The third kappa shape index (κ3) is 7.92. The molecule has 0 aliphatic rings. The minimum absolute atomic E-state index is 0.0219. The molecule has 0 aromatic heterocycles. The standard InChI is InChI=1S/C9H18OS/c1-3-5-8(2)6-4-7-9(10)11/h8H,3-7H2,1-2H3,(H,10,11). The van der Waals surface area contributed by atoms with Crippen LogP contribution in [0.4, 0.5) is 0 Å². The molecule has 0 radical (unpaired) electrons. The van der Waals surface area contributed by atoms with Crippen LogP contribution in [0.2, 0.25) is 0 Å². The summed E-state index contributed by atoms with van der Waals surface area (Å²) in [6.45, 7) is 4.44. The molecule has 0 aromatic rings. The molecule has 1 nitrogen and oxygen atoms in total. The van der Waals surface area contributed by atoms with Gasteiger partial charge in [-0.2, -0.15) is 0 Å². The van der Waals surface area contributed by atoms with E-state index in [9.17, 15) is 4.79 Å². The van der Waals surface area contributed by atoms with Crippen molar-refractivity contribution >= 4 is 17.7 Å². The molecular weight excluding hydrogens is 156 g/mol. The first-order valence-corrected chi connectivity index (χ1v) is 4.83. The molecule has 11 heavy (non-hydrogen) atoms. The summed E-state index contributed by atoms with van der Waals surface area (Å²) in [7, 11) is 0. The van der Waals surface area contributed by atoms with Crippen molar-refractivity contribution in [1.29, 1.82) is 0 Å². The first kappa shape index (κ1) is 11.0. The Morgan fingerprint density at radius 2 is 2.09 bits per heavy atom. The molecule has 0 spiro atoms. The Hall–Kier alpha value is 0.0200. The maximum Gasteiger partial charge on any atom is 0.185 e. The summed E-state index contributed by atoms with van der Waals surface area (Å²) in [5.74, 6) is 0.771. The van der Waals surface area contributed by atoms with E-state index < -0.39 is 0 Å². The smallest absolute Gasteiger partial charge is 0.185 e. The highest BCUT2D eigenvalue weighted by Gasteiger charge is 2.01. The normalized spacial score (nSPS) is 13.0. The number of rotatable bonds is 6. The second-order valence-corrected chi connectivity index (χ2v) is 3.68. The van der Waals surface area contributed by atoms with Crippen LogP contribution < -0.4 is 0 Å². The number of carbonyl (C=O) groups excluding carboxylic acids is 1. The highest BCUT2D eigenvalue weighted by atomic mass is 32.1. The summed E-state index contributed by atoms with van der Waals surface area (Å²) >= 11 is 3.71. The Labute approximate surface area is 75.0 Å². The van der Waals surface area contributed by atoms with Crippen molar-refractivity contribution < 1.29 is 4.79 Å². The number of hydrogen-bond donors (Lipinski definition) is 1. The fourth-order valence-corrected chi connectivity index (χ4v) is 1.40. The molecular formula is C9H18OS. The van der Waals surface area contributed by atoms with Gasteiger partial charge in [-0.25, -0.2) is 0 Å². The number of carbonyl (C=O) groups is 1. The van der Waals surface area contributed by atoms with E-state index in [0.29, 0.717) is 6.42 Å². The van der Waals surface area contributed by atoms with Crippen molar-refractivity contribution in [3.63, 3.8) is 0 Å². The van der Waals surface area contributed by atoms with Crippen LogP contribution in [0, 0.1) is 5.92 Å². The number of thiol groups is 1. The summed E-state index contributed by atoms with van der Waals surface area (Å²) in [6, 6.07) is 0. The van der Waals surface area contributed by atoms with E-state index in [4.69, 9.17) is 0 Å². The zero-order valence-electron chi connectivity index (χ0n) is 7.47. The molecule has 0 heterocycles. The van der Waals surface area contributed by atoms with Crippen molar-refractivity contribution in [1.82, 2.24) is 0 Å². The number of hydrogen-bond acceptors (Lipinski definition) is 1. The molecule has 1 atom stereocenters. The van der Waals surface area contributed by atoms with Gasteiger partial charge in [-0.15, -0.1) is 12.6 Å². The fraction of sp³-hybridized carbons (Fsp3) is 0.889. The average Bonchev–Trinajstić information content (AvgIpc) is 1.87. The molecule has 0 fully saturated rings. The van der Waals surface area contributed by atoms with Gasteiger partial charge in [0.15, 0.2) is 5.12 Å². The Kier molecular flexibility index (Phi) is 6.73. The van der Waals surface area contributed by atoms with Gasteiger partial charge in [0.25, 0.3) is 0 Å². The lowest BCUT2D eigenvalue weighted by atomic mass is 10.00. The summed E-state index contributed by atoms with van der Waals surface area (Å²) in [5, 5.41) is 0.0219. The zero-order chi connectivity index (χ0) is 8.69. The molecule has 0 bridgehead atoms. The lowest BCUT2D eigenvalue weighted by molar-refractivity contribution is -0.110. The Morgan fingerprint density at radius 3 is 2.55 bits per heavy atom. The summed E-state index contributed by atoms with van der Waals surface area (Å²) in [5.41, 5.74) is 0. The van der Waals surface area contributed by atoms with E-state index in [2.05, 4.69) is 26.5 Å². The lowest BCUT2D eigenvalue weighted by Gasteiger charge is -2.07. The first-order chi connectivity index (χ1) is 5.16. The van der Waals surface area contributed by atoms with Crippen molar-refractivity contribution in [2.45, 2.75) is 46.0 Å². The molecule has 0 amide bonds. The van der Waals surface area contributed by atoms with Crippen LogP contribution >= 0.6 is 12.6 Å². The van der Waals surface area contributed by atoms with Crippen LogP contribution in [0.1, 0.15) is 46.0 Å². The molecule has 66 valence electrons. The Morgan fingerprint density at radius 1 is 1.45 bits per heavy atom. The summed E-state index contributed by atoms with van der Waals surface area (Å²) < 4.78 is 0. The van der Waals surface area contributed by atoms with E-state index in [1.807, 2.05) is 0 Å². The van der Waals surface area contributed by atoms with Crippen molar-refractivity contribution in [2.24, 2.45) is 5.92 Å². The fourth-order valence-electron chi connectivity index (χ4n) is 1.24. The topological polar surface area (TPSA) is 17.1 Å². The molecule has 0 rings (SSSR count). The SMILES string of the molecule is CCCC(C)CCCC(=O)S. The third-order valence-electron chi connectivity index (χ3n) is 1.87. The van der Waals surface area contributed by atoms with Crippen LogP contribution in [-0.4, -0.2) is 5.12 Å². The van der Waals surface area contributed by atoms with Gasteiger partial charge in [0.1, 0.15) is 0 Å². The molecule has 0 aliphatic carbocycles. The van der Waals surface area contributed by atoms with Crippen molar-refractivity contribution in [3.05, 3.63) is 0 Å². The first-order valence-electron chi connectivity index (χ1n) is 4.38. The highest BCUT2D eigenvalue weighted by Crippen LogP contribution is 2.13. The monoisotopic (exact) mass is 174 g/mol. The van der Waals surface area contributed by atoms with E-state index in [1.54, 1.807) is 0 Å². The third-order valence-corrected chi connectivity index (χ3v) is 2.09. The minimum Gasteiger partial charge on any atom is -0.288 e. The molecule has 0 aliphatic heterocycles. The Bertz CT molecular complexity index is 112. The second kappa shape index (κ2) is 6.71. The zero-order valence-corrected chi connectivity index (χ0v) is 8.36. The molecule has 0 N–H and O–H groups in total. The highest BCUT2D eigenvalue weighted by molar-refractivity contribution is 7.96. The largest absolute Gasteiger partial charge is 0.288 e. The second-order valence-electron chi connectivity index (χ2n) is 3.18.